The highest BCUT2D eigenvalue weighted by Crippen LogP contribution is 2.43. The molecule has 3 aliphatic rings. The minimum atomic E-state index is -4.99. The highest BCUT2D eigenvalue weighted by Gasteiger charge is 2.62. The molecule has 0 aromatic carbocycles. The predicted molar refractivity (Wildman–Crippen MR) is 90.0 cm³/mol. The molecule has 4 amide bonds. The van der Waals surface area contributed by atoms with Crippen LogP contribution >= 0.6 is 0 Å². The molecule has 2 heterocycles. The van der Waals surface area contributed by atoms with Crippen LogP contribution < -0.4 is 0 Å². The van der Waals surface area contributed by atoms with Crippen LogP contribution in [0.2, 0.25) is 0 Å². The molecule has 152 valence electrons. The molecule has 1 aliphatic carbocycles. The van der Waals surface area contributed by atoms with Crippen LogP contribution in [0.3, 0.4) is 0 Å². The summed E-state index contributed by atoms with van der Waals surface area (Å²) in [7, 11) is -4.99. The van der Waals surface area contributed by atoms with Crippen molar-refractivity contribution in [3.63, 3.8) is 0 Å². The molecule has 1 saturated carbocycles. The van der Waals surface area contributed by atoms with Crippen molar-refractivity contribution in [2.45, 2.75) is 42.9 Å². The van der Waals surface area contributed by atoms with Crippen LogP contribution in [0, 0.1) is 5.92 Å². The number of amides is 4. The number of hydrogen-bond donors (Lipinski definition) is 2. The molecule has 3 atom stereocenters. The lowest BCUT2D eigenvalue weighted by atomic mass is 9.74. The molecule has 1 saturated heterocycles. The van der Waals surface area contributed by atoms with Crippen LogP contribution in [0.25, 0.3) is 0 Å². The van der Waals surface area contributed by atoms with Crippen LogP contribution in [0.4, 0.5) is 0 Å². The number of carboxylic acid groups (broad SMARTS) is 1. The van der Waals surface area contributed by atoms with Crippen molar-refractivity contribution in [2.75, 3.05) is 6.54 Å². The van der Waals surface area contributed by atoms with Gasteiger partial charge in [0.2, 0.25) is 11.8 Å². The fraction of sp³-hybridized carbons (Fsp3) is 0.562. The maximum atomic E-state index is 12.2. The van der Waals surface area contributed by atoms with Gasteiger partial charge in [-0.3, -0.25) is 33.5 Å². The summed E-state index contributed by atoms with van der Waals surface area (Å²) in [6.07, 6.45) is 0.837. The zero-order chi connectivity index (χ0) is 20.9. The van der Waals surface area contributed by atoms with Crippen molar-refractivity contribution in [1.82, 2.24) is 9.80 Å². The second-order valence-corrected chi connectivity index (χ2v) is 8.72. The lowest BCUT2D eigenvalue weighted by Gasteiger charge is -2.46. The van der Waals surface area contributed by atoms with E-state index in [-0.39, 0.29) is 25.8 Å². The fourth-order valence-corrected chi connectivity index (χ4v) is 5.55. The number of carbonyl (C=O) groups excluding carboxylic acids is 4. The lowest BCUT2D eigenvalue weighted by Crippen LogP contribution is -2.67. The van der Waals surface area contributed by atoms with Crippen LogP contribution in [0.15, 0.2) is 12.2 Å². The standard InChI is InChI=1S/C16H18N2O9S/c19-11-1-2-12(20)17(11)8-9-5-6-16(15(23)24,10(7-9)28(25,26)27)18-13(21)3-4-14(18)22/h1-2,9-10H,3-8H2,(H,23,24)(H,25,26,27). The second-order valence-electron chi connectivity index (χ2n) is 7.12. The molecule has 12 heteroatoms. The highest BCUT2D eigenvalue weighted by molar-refractivity contribution is 7.86. The summed E-state index contributed by atoms with van der Waals surface area (Å²) < 4.78 is 33.9. The van der Waals surface area contributed by atoms with Gasteiger partial charge in [0, 0.05) is 31.5 Å². The Morgan fingerprint density at radius 2 is 1.64 bits per heavy atom. The number of carboxylic acids is 1. The SMILES string of the molecule is O=C1C=CC(=O)N1CC1CCC(C(=O)O)(N2C(=O)CCC2=O)C(S(=O)(=O)O)C1. The summed E-state index contributed by atoms with van der Waals surface area (Å²) in [6, 6.07) is 0. The number of rotatable bonds is 5. The summed E-state index contributed by atoms with van der Waals surface area (Å²) >= 11 is 0. The van der Waals surface area contributed by atoms with E-state index in [0.29, 0.717) is 4.90 Å². The molecular formula is C16H18N2O9S. The van der Waals surface area contributed by atoms with Gasteiger partial charge in [0.15, 0.2) is 5.54 Å². The van der Waals surface area contributed by atoms with E-state index >= 15 is 0 Å². The number of hydrogen-bond acceptors (Lipinski definition) is 7. The van der Waals surface area contributed by atoms with Crippen LogP contribution in [0.1, 0.15) is 32.1 Å². The van der Waals surface area contributed by atoms with E-state index in [1.165, 1.54) is 0 Å². The van der Waals surface area contributed by atoms with Gasteiger partial charge in [-0.15, -0.1) is 0 Å². The predicted octanol–water partition coefficient (Wildman–Crippen LogP) is -1.06. The first-order valence-electron chi connectivity index (χ1n) is 8.57. The molecule has 11 nitrogen and oxygen atoms in total. The van der Waals surface area contributed by atoms with Gasteiger partial charge in [-0.25, -0.2) is 4.79 Å². The van der Waals surface area contributed by atoms with Gasteiger partial charge in [0.25, 0.3) is 21.9 Å². The van der Waals surface area contributed by atoms with E-state index in [1.807, 2.05) is 0 Å². The fourth-order valence-electron chi connectivity index (χ4n) is 4.22. The Balaban J connectivity index is 1.95. The molecule has 0 spiro atoms. The number of carbonyl (C=O) groups is 5. The lowest BCUT2D eigenvalue weighted by molar-refractivity contribution is -0.166. The molecule has 0 bridgehead atoms. The van der Waals surface area contributed by atoms with Crippen LogP contribution in [-0.2, 0) is 34.1 Å². The average Bonchev–Trinajstić information content (AvgIpc) is 3.10. The molecule has 0 aromatic heterocycles. The number of nitrogens with zero attached hydrogens (tertiary/aromatic N) is 2. The second kappa shape index (κ2) is 6.78. The molecular weight excluding hydrogens is 396 g/mol. The van der Waals surface area contributed by atoms with Crippen molar-refractivity contribution in [1.29, 1.82) is 0 Å². The molecule has 0 aromatic rings. The largest absolute Gasteiger partial charge is 0.479 e. The van der Waals surface area contributed by atoms with Crippen molar-refractivity contribution in [3.05, 3.63) is 12.2 Å². The molecule has 0 radical (unpaired) electrons. The van der Waals surface area contributed by atoms with E-state index in [0.717, 1.165) is 17.1 Å². The van der Waals surface area contributed by atoms with Gasteiger partial charge in [-0.2, -0.15) is 8.42 Å². The van der Waals surface area contributed by atoms with Gasteiger partial charge in [-0.05, 0) is 25.2 Å². The van der Waals surface area contributed by atoms with E-state index in [4.69, 9.17) is 0 Å². The first kappa shape index (κ1) is 20.1. The molecule has 2 fully saturated rings. The van der Waals surface area contributed by atoms with Gasteiger partial charge >= 0.3 is 5.97 Å². The van der Waals surface area contributed by atoms with Gasteiger partial charge < -0.3 is 5.11 Å². The molecule has 3 rings (SSSR count). The van der Waals surface area contributed by atoms with Crippen molar-refractivity contribution < 1.29 is 42.0 Å². The van der Waals surface area contributed by atoms with E-state index in [9.17, 15) is 42.0 Å². The third-order valence-electron chi connectivity index (χ3n) is 5.54. The number of likely N-dealkylation sites (tertiary alicyclic amines) is 1. The van der Waals surface area contributed by atoms with Crippen molar-refractivity contribution in [3.8, 4) is 0 Å². The number of imide groups is 2. The van der Waals surface area contributed by atoms with E-state index in [1.54, 1.807) is 0 Å². The minimum Gasteiger partial charge on any atom is -0.479 e. The third kappa shape index (κ3) is 3.11. The monoisotopic (exact) mass is 414 g/mol. The zero-order valence-corrected chi connectivity index (χ0v) is 15.4. The Hall–Kier alpha value is -2.60. The molecule has 28 heavy (non-hydrogen) atoms. The molecule has 3 unspecified atom stereocenters. The summed E-state index contributed by atoms with van der Waals surface area (Å²) in [4.78, 5) is 61.3. The Bertz CT molecular complexity index is 875. The summed E-state index contributed by atoms with van der Waals surface area (Å²) in [6.45, 7) is -0.158. The third-order valence-corrected chi connectivity index (χ3v) is 6.84. The first-order chi connectivity index (χ1) is 13.0. The maximum Gasteiger partial charge on any atom is 0.331 e. The smallest absolute Gasteiger partial charge is 0.331 e. The van der Waals surface area contributed by atoms with Crippen molar-refractivity contribution in [2.24, 2.45) is 5.92 Å². The highest BCUT2D eigenvalue weighted by atomic mass is 32.2. The summed E-state index contributed by atoms with van der Waals surface area (Å²) in [5, 5.41) is 7.85. The maximum absolute atomic E-state index is 12.2. The van der Waals surface area contributed by atoms with Gasteiger partial charge in [-0.1, -0.05) is 0 Å². The van der Waals surface area contributed by atoms with Gasteiger partial charge in [0.1, 0.15) is 5.25 Å². The van der Waals surface area contributed by atoms with Crippen LogP contribution in [-0.4, -0.2) is 74.8 Å². The first-order valence-corrected chi connectivity index (χ1v) is 10.1. The Morgan fingerprint density at radius 3 is 2.11 bits per heavy atom. The van der Waals surface area contributed by atoms with Crippen LogP contribution in [0.5, 0.6) is 0 Å². The normalized spacial score (nSPS) is 31.2. The quantitative estimate of drug-likeness (QED) is 0.421. The molecule has 2 aliphatic heterocycles. The summed E-state index contributed by atoms with van der Waals surface area (Å²) in [5.74, 6) is -5.10. The minimum absolute atomic E-state index is 0.0342. The zero-order valence-electron chi connectivity index (χ0n) is 14.6. The Kier molecular flexibility index (Phi) is 4.88. The number of aliphatic carboxylic acids is 1. The molecule has 2 N–H and O–H groups in total. The van der Waals surface area contributed by atoms with E-state index in [2.05, 4.69) is 0 Å². The summed E-state index contributed by atoms with van der Waals surface area (Å²) in [5.41, 5.74) is -2.42. The van der Waals surface area contributed by atoms with Gasteiger partial charge in [0.05, 0.1) is 0 Å². The topological polar surface area (TPSA) is 166 Å². The Labute approximate surface area is 159 Å². The Morgan fingerprint density at radius 1 is 1.11 bits per heavy atom. The van der Waals surface area contributed by atoms with Crippen molar-refractivity contribution >= 4 is 39.7 Å². The average molecular weight is 414 g/mol. The van der Waals surface area contributed by atoms with E-state index < -0.39 is 69.3 Å².